The highest BCUT2D eigenvalue weighted by Gasteiger charge is 2.16. The molecule has 23 heavy (non-hydrogen) atoms. The van der Waals surface area contributed by atoms with Crippen LogP contribution in [0.1, 0.15) is 52.4 Å². The molecule has 0 atom stereocenters. The highest BCUT2D eigenvalue weighted by molar-refractivity contribution is 5.84. The first kappa shape index (κ1) is 19.7. The summed E-state index contributed by atoms with van der Waals surface area (Å²) in [5.41, 5.74) is 0. The van der Waals surface area contributed by atoms with Crippen LogP contribution in [0.15, 0.2) is 4.99 Å². The number of hydrogen-bond acceptors (Lipinski definition) is 3. The summed E-state index contributed by atoms with van der Waals surface area (Å²) in [4.78, 5) is 17.7. The van der Waals surface area contributed by atoms with E-state index in [0.717, 1.165) is 32.0 Å². The second kappa shape index (κ2) is 11.3. The van der Waals surface area contributed by atoms with E-state index in [2.05, 4.69) is 29.5 Å². The average Bonchev–Trinajstić information content (AvgIpc) is 3.00. The maximum atomic E-state index is 11.7. The number of aliphatic imine (C=N–C) groups is 1. The van der Waals surface area contributed by atoms with E-state index < -0.39 is 0 Å². The minimum Gasteiger partial charge on any atom is -0.379 e. The van der Waals surface area contributed by atoms with Crippen molar-refractivity contribution in [3.8, 4) is 0 Å². The van der Waals surface area contributed by atoms with Gasteiger partial charge in [0.2, 0.25) is 5.91 Å². The second-order valence-corrected chi connectivity index (χ2v) is 6.63. The Morgan fingerprint density at radius 3 is 2.57 bits per heavy atom. The molecule has 6 heteroatoms. The van der Waals surface area contributed by atoms with Gasteiger partial charge < -0.3 is 20.3 Å². The number of hydrogen-bond donors (Lipinski definition) is 2. The molecule has 6 nitrogen and oxygen atoms in total. The third kappa shape index (κ3) is 9.43. The molecule has 0 aliphatic heterocycles. The van der Waals surface area contributed by atoms with Crippen LogP contribution in [0.2, 0.25) is 0 Å². The van der Waals surface area contributed by atoms with E-state index in [0.29, 0.717) is 12.1 Å². The van der Waals surface area contributed by atoms with E-state index in [1.54, 1.807) is 19.0 Å². The largest absolute Gasteiger partial charge is 0.379 e. The number of amides is 1. The van der Waals surface area contributed by atoms with Gasteiger partial charge in [0.25, 0.3) is 0 Å². The topological polar surface area (TPSA) is 66.0 Å². The van der Waals surface area contributed by atoms with Gasteiger partial charge in [-0.1, -0.05) is 12.8 Å². The van der Waals surface area contributed by atoms with Gasteiger partial charge in [-0.05, 0) is 39.5 Å². The van der Waals surface area contributed by atoms with Gasteiger partial charge in [0.05, 0.1) is 6.10 Å². The van der Waals surface area contributed by atoms with E-state index >= 15 is 0 Å². The number of guanidine groups is 1. The lowest BCUT2D eigenvalue weighted by Crippen LogP contribution is -2.43. The summed E-state index contributed by atoms with van der Waals surface area (Å²) >= 11 is 0. The molecule has 1 amide bonds. The van der Waals surface area contributed by atoms with Gasteiger partial charge in [-0.2, -0.15) is 0 Å². The molecule has 0 spiro atoms. The standard InChI is InChI=1S/C17H34N4O2/c1-14(2)23-12-8-7-11-18-17(19-13-16(22)21(3)4)20-15-9-5-6-10-15/h14-15H,5-13H2,1-4H3,(H2,18,19,20). The fraction of sp³-hybridized carbons (Fsp3) is 0.882. The fourth-order valence-corrected chi connectivity index (χ4v) is 2.46. The maximum absolute atomic E-state index is 11.7. The van der Waals surface area contributed by atoms with E-state index in [1.807, 2.05) is 0 Å². The van der Waals surface area contributed by atoms with E-state index in [1.165, 1.54) is 25.7 Å². The zero-order valence-corrected chi connectivity index (χ0v) is 15.2. The molecule has 0 aromatic heterocycles. The lowest BCUT2D eigenvalue weighted by atomic mass is 10.2. The Morgan fingerprint density at radius 1 is 1.26 bits per heavy atom. The Hall–Kier alpha value is -1.30. The Kier molecular flexibility index (Phi) is 9.67. The second-order valence-electron chi connectivity index (χ2n) is 6.63. The highest BCUT2D eigenvalue weighted by atomic mass is 16.5. The van der Waals surface area contributed by atoms with Crippen molar-refractivity contribution >= 4 is 11.9 Å². The van der Waals surface area contributed by atoms with Crippen LogP contribution < -0.4 is 10.6 Å². The number of nitrogens with zero attached hydrogens (tertiary/aromatic N) is 2. The summed E-state index contributed by atoms with van der Waals surface area (Å²) in [5, 5.41) is 6.80. The number of ether oxygens (including phenoxy) is 1. The Labute approximate surface area is 141 Å². The Morgan fingerprint density at radius 2 is 1.96 bits per heavy atom. The molecule has 0 heterocycles. The predicted octanol–water partition coefficient (Wildman–Crippen LogP) is 1.76. The van der Waals surface area contributed by atoms with Crippen LogP contribution in [0, 0.1) is 0 Å². The SMILES string of the molecule is CC(C)OCCCCNC(=NCC(=O)N(C)C)NC1CCCC1. The molecule has 1 saturated carbocycles. The predicted molar refractivity (Wildman–Crippen MR) is 94.7 cm³/mol. The molecule has 2 N–H and O–H groups in total. The average molecular weight is 326 g/mol. The van der Waals surface area contributed by atoms with Gasteiger partial charge in [0, 0.05) is 33.3 Å². The van der Waals surface area contributed by atoms with Crippen molar-refractivity contribution in [3.05, 3.63) is 0 Å². The summed E-state index contributed by atoms with van der Waals surface area (Å²) in [5.74, 6) is 0.778. The first-order valence-electron chi connectivity index (χ1n) is 8.85. The van der Waals surface area contributed by atoms with Crippen molar-refractivity contribution < 1.29 is 9.53 Å². The Bertz CT molecular complexity index is 364. The summed E-state index contributed by atoms with van der Waals surface area (Å²) < 4.78 is 5.54. The van der Waals surface area contributed by atoms with Gasteiger partial charge in [-0.3, -0.25) is 4.79 Å². The van der Waals surface area contributed by atoms with Crippen LogP contribution in [0.4, 0.5) is 0 Å². The van der Waals surface area contributed by atoms with Crippen LogP contribution in [-0.2, 0) is 9.53 Å². The number of unbranched alkanes of at least 4 members (excludes halogenated alkanes) is 1. The smallest absolute Gasteiger partial charge is 0.243 e. The van der Waals surface area contributed by atoms with Crippen molar-refractivity contribution in [2.75, 3.05) is 33.8 Å². The van der Waals surface area contributed by atoms with E-state index in [-0.39, 0.29) is 12.5 Å². The zero-order chi connectivity index (χ0) is 17.1. The maximum Gasteiger partial charge on any atom is 0.243 e. The number of rotatable bonds is 9. The monoisotopic (exact) mass is 326 g/mol. The summed E-state index contributed by atoms with van der Waals surface area (Å²) in [6.07, 6.45) is 7.26. The van der Waals surface area contributed by atoms with Crippen molar-refractivity contribution in [2.24, 2.45) is 4.99 Å². The number of likely N-dealkylation sites (N-methyl/N-ethyl adjacent to an activating group) is 1. The summed E-state index contributed by atoms with van der Waals surface area (Å²) in [6.45, 7) is 5.93. The van der Waals surface area contributed by atoms with Gasteiger partial charge in [-0.25, -0.2) is 4.99 Å². The molecule has 0 aromatic rings. The van der Waals surface area contributed by atoms with Crippen molar-refractivity contribution in [2.45, 2.75) is 64.5 Å². The van der Waals surface area contributed by atoms with Crippen LogP contribution in [0.3, 0.4) is 0 Å². The van der Waals surface area contributed by atoms with Crippen molar-refractivity contribution in [3.63, 3.8) is 0 Å². The molecular formula is C17H34N4O2. The molecule has 0 bridgehead atoms. The minimum absolute atomic E-state index is 0.0165. The molecule has 1 aliphatic carbocycles. The van der Waals surface area contributed by atoms with Crippen LogP contribution >= 0.6 is 0 Å². The first-order chi connectivity index (χ1) is 11.0. The molecule has 134 valence electrons. The molecule has 1 fully saturated rings. The number of nitrogens with one attached hydrogen (secondary N) is 2. The summed E-state index contributed by atoms with van der Waals surface area (Å²) in [6, 6.07) is 0.486. The molecule has 0 saturated heterocycles. The van der Waals surface area contributed by atoms with Crippen LogP contribution in [-0.4, -0.2) is 62.7 Å². The van der Waals surface area contributed by atoms with Crippen LogP contribution in [0.5, 0.6) is 0 Å². The molecule has 1 aliphatic rings. The quantitative estimate of drug-likeness (QED) is 0.385. The number of carbonyl (C=O) groups excluding carboxylic acids is 1. The molecule has 0 unspecified atom stereocenters. The minimum atomic E-state index is 0.0165. The third-order valence-electron chi connectivity index (χ3n) is 3.88. The van der Waals surface area contributed by atoms with Gasteiger partial charge in [0.15, 0.2) is 5.96 Å². The third-order valence-corrected chi connectivity index (χ3v) is 3.88. The number of carbonyl (C=O) groups is 1. The van der Waals surface area contributed by atoms with Crippen LogP contribution in [0.25, 0.3) is 0 Å². The molecule has 0 aromatic carbocycles. The fourth-order valence-electron chi connectivity index (χ4n) is 2.46. The van der Waals surface area contributed by atoms with Gasteiger partial charge >= 0.3 is 0 Å². The zero-order valence-electron chi connectivity index (χ0n) is 15.2. The van der Waals surface area contributed by atoms with Gasteiger partial charge in [-0.15, -0.1) is 0 Å². The summed E-state index contributed by atoms with van der Waals surface area (Å²) in [7, 11) is 3.51. The lowest BCUT2D eigenvalue weighted by molar-refractivity contribution is -0.127. The van der Waals surface area contributed by atoms with E-state index in [9.17, 15) is 4.79 Å². The van der Waals surface area contributed by atoms with E-state index in [4.69, 9.17) is 4.74 Å². The lowest BCUT2D eigenvalue weighted by Gasteiger charge is -2.18. The molecule has 0 radical (unpaired) electrons. The highest BCUT2D eigenvalue weighted by Crippen LogP contribution is 2.17. The first-order valence-corrected chi connectivity index (χ1v) is 8.85. The molecule has 1 rings (SSSR count). The normalized spacial score (nSPS) is 16.0. The Balaban J connectivity index is 2.34. The molecular weight excluding hydrogens is 292 g/mol. The van der Waals surface area contributed by atoms with Crippen molar-refractivity contribution in [1.82, 2.24) is 15.5 Å². The van der Waals surface area contributed by atoms with Gasteiger partial charge in [0.1, 0.15) is 6.54 Å². The van der Waals surface area contributed by atoms with Crippen molar-refractivity contribution in [1.29, 1.82) is 0 Å².